The van der Waals surface area contributed by atoms with Crippen molar-refractivity contribution in [1.82, 2.24) is 0 Å². The lowest BCUT2D eigenvalue weighted by molar-refractivity contribution is -0.232. The average Bonchev–Trinajstić information content (AvgIpc) is 2.92. The van der Waals surface area contributed by atoms with Crippen molar-refractivity contribution in [1.29, 1.82) is 0 Å². The zero-order valence-electron chi connectivity index (χ0n) is 20.6. The molecule has 9 atom stereocenters. The van der Waals surface area contributed by atoms with Crippen LogP contribution < -0.4 is 5.43 Å². The number of hydrogen-bond acceptors (Lipinski definition) is 14. The molecule has 0 aliphatic carbocycles. The highest BCUT2D eigenvalue weighted by atomic mass is 16.5. The number of aliphatic hydroxyl groups excluding tert-OH is 7. The summed E-state index contributed by atoms with van der Waals surface area (Å²) in [6.07, 6.45) is -15.7. The van der Waals surface area contributed by atoms with Gasteiger partial charge in [0.2, 0.25) is 0 Å². The molecule has 2 aliphatic rings. The number of fused-ring (bicyclic) bond motifs is 1. The van der Waals surface area contributed by atoms with Crippen LogP contribution in [0.5, 0.6) is 17.2 Å². The van der Waals surface area contributed by atoms with Gasteiger partial charge in [0.25, 0.3) is 0 Å². The Kier molecular flexibility index (Phi) is 7.47. The number of rotatable bonds is 4. The van der Waals surface area contributed by atoms with Crippen LogP contribution in [0.1, 0.15) is 23.3 Å². The van der Waals surface area contributed by atoms with Gasteiger partial charge in [0.15, 0.2) is 11.0 Å². The van der Waals surface area contributed by atoms with Crippen molar-refractivity contribution >= 4 is 11.0 Å². The quantitative estimate of drug-likeness (QED) is 0.169. The Morgan fingerprint density at radius 1 is 0.775 bits per heavy atom. The fourth-order valence-electron chi connectivity index (χ4n) is 5.11. The summed E-state index contributed by atoms with van der Waals surface area (Å²) in [4.78, 5) is 13.4. The van der Waals surface area contributed by atoms with Crippen LogP contribution in [-0.2, 0) is 9.47 Å². The number of aromatic hydroxyl groups is 3. The van der Waals surface area contributed by atoms with Crippen molar-refractivity contribution < 1.29 is 65.0 Å². The number of hydrogen-bond donors (Lipinski definition) is 10. The maximum Gasteiger partial charge on any atom is 0.197 e. The number of aliphatic hydroxyl groups is 7. The fraction of sp³-hybridized carbons (Fsp3) is 0.423. The highest BCUT2D eigenvalue weighted by molar-refractivity contribution is 5.92. The summed E-state index contributed by atoms with van der Waals surface area (Å²) in [5.74, 6) is -2.01. The fourth-order valence-corrected chi connectivity index (χ4v) is 5.11. The lowest BCUT2D eigenvalue weighted by atomic mass is 9.85. The summed E-state index contributed by atoms with van der Waals surface area (Å²) >= 11 is 0. The molecule has 0 bridgehead atoms. The molecule has 0 unspecified atom stereocenters. The van der Waals surface area contributed by atoms with Crippen molar-refractivity contribution in [3.05, 3.63) is 51.7 Å². The Morgan fingerprint density at radius 3 is 2.08 bits per heavy atom. The predicted octanol–water partition coefficient (Wildman–Crippen LogP) is -1.75. The normalized spacial score (nSPS) is 32.8. The molecule has 0 amide bonds. The summed E-state index contributed by atoms with van der Waals surface area (Å²) in [6.45, 7) is -1.34. The molecular formula is C26H28O14. The highest BCUT2D eigenvalue weighted by Crippen LogP contribution is 2.50. The molecule has 0 saturated carbocycles. The van der Waals surface area contributed by atoms with E-state index in [9.17, 15) is 55.9 Å². The second kappa shape index (κ2) is 10.6. The molecule has 5 rings (SSSR count). The molecule has 14 heteroatoms. The molecule has 3 aromatic rings. The maximum atomic E-state index is 13.4. The van der Waals surface area contributed by atoms with Gasteiger partial charge < -0.3 is 65.0 Å². The number of ether oxygens (including phenoxy) is 2. The van der Waals surface area contributed by atoms with Gasteiger partial charge in [-0.1, -0.05) is 0 Å². The lowest BCUT2D eigenvalue weighted by Crippen LogP contribution is -2.55. The van der Waals surface area contributed by atoms with Crippen LogP contribution in [0.25, 0.3) is 22.3 Å². The van der Waals surface area contributed by atoms with Crippen molar-refractivity contribution in [3.8, 4) is 28.6 Å². The van der Waals surface area contributed by atoms with Gasteiger partial charge >= 0.3 is 0 Å². The smallest absolute Gasteiger partial charge is 0.197 e. The topological polar surface area (TPSA) is 251 Å². The third kappa shape index (κ3) is 4.49. The summed E-state index contributed by atoms with van der Waals surface area (Å²) in [7, 11) is 0. The Bertz CT molecular complexity index is 1450. The first kappa shape index (κ1) is 28.2. The molecule has 10 N–H and O–H groups in total. The summed E-state index contributed by atoms with van der Waals surface area (Å²) < 4.78 is 16.9. The van der Waals surface area contributed by atoms with Gasteiger partial charge in [-0.2, -0.15) is 0 Å². The molecule has 2 aliphatic heterocycles. The molecule has 216 valence electrons. The van der Waals surface area contributed by atoms with E-state index in [1.807, 2.05) is 0 Å². The van der Waals surface area contributed by atoms with E-state index in [0.717, 1.165) is 6.07 Å². The molecule has 0 radical (unpaired) electrons. The Hall–Kier alpha value is -3.31. The van der Waals surface area contributed by atoms with Crippen LogP contribution in [-0.4, -0.2) is 107 Å². The van der Waals surface area contributed by atoms with Gasteiger partial charge in [0, 0.05) is 11.6 Å². The first-order chi connectivity index (χ1) is 19.0. The van der Waals surface area contributed by atoms with E-state index in [2.05, 4.69) is 0 Å². The van der Waals surface area contributed by atoms with E-state index in [4.69, 9.17) is 13.9 Å². The van der Waals surface area contributed by atoms with E-state index in [1.54, 1.807) is 0 Å². The molecular weight excluding hydrogens is 536 g/mol. The van der Waals surface area contributed by atoms with Crippen LogP contribution in [0.15, 0.2) is 39.5 Å². The van der Waals surface area contributed by atoms with Gasteiger partial charge in [-0.05, 0) is 24.3 Å². The van der Waals surface area contributed by atoms with Crippen molar-refractivity contribution in [3.63, 3.8) is 0 Å². The van der Waals surface area contributed by atoms with E-state index >= 15 is 0 Å². The van der Waals surface area contributed by atoms with Gasteiger partial charge in [-0.3, -0.25) is 4.79 Å². The molecule has 2 fully saturated rings. The van der Waals surface area contributed by atoms with Crippen molar-refractivity contribution in [2.24, 2.45) is 0 Å². The largest absolute Gasteiger partial charge is 0.508 e. The molecule has 40 heavy (non-hydrogen) atoms. The van der Waals surface area contributed by atoms with Gasteiger partial charge in [0.05, 0.1) is 24.3 Å². The monoisotopic (exact) mass is 564 g/mol. The van der Waals surface area contributed by atoms with Gasteiger partial charge in [0.1, 0.15) is 83.3 Å². The zero-order valence-corrected chi connectivity index (χ0v) is 20.6. The van der Waals surface area contributed by atoms with Crippen LogP contribution in [0, 0.1) is 0 Å². The molecule has 0 spiro atoms. The predicted molar refractivity (Wildman–Crippen MR) is 132 cm³/mol. The van der Waals surface area contributed by atoms with Crippen LogP contribution in [0.2, 0.25) is 0 Å². The Labute approximate surface area is 224 Å². The molecule has 1 aromatic heterocycles. The Morgan fingerprint density at radius 2 is 1.43 bits per heavy atom. The molecule has 2 saturated heterocycles. The third-order valence-electron chi connectivity index (χ3n) is 7.31. The second-order valence-corrected chi connectivity index (χ2v) is 9.80. The zero-order chi connectivity index (χ0) is 29.0. The summed E-state index contributed by atoms with van der Waals surface area (Å²) in [5, 5.41) is 104. The minimum absolute atomic E-state index is 0.0710. The molecule has 3 heterocycles. The minimum atomic E-state index is -1.98. The van der Waals surface area contributed by atoms with Crippen LogP contribution in [0.4, 0.5) is 0 Å². The second-order valence-electron chi connectivity index (χ2n) is 9.80. The van der Waals surface area contributed by atoms with Gasteiger partial charge in [-0.25, -0.2) is 0 Å². The van der Waals surface area contributed by atoms with Crippen molar-refractivity contribution in [2.45, 2.75) is 54.9 Å². The third-order valence-corrected chi connectivity index (χ3v) is 7.31. The van der Waals surface area contributed by atoms with E-state index in [1.165, 1.54) is 24.3 Å². The molecule has 14 nitrogen and oxygen atoms in total. The first-order valence-electron chi connectivity index (χ1n) is 12.3. The van der Waals surface area contributed by atoms with E-state index in [-0.39, 0.29) is 11.5 Å². The first-order valence-corrected chi connectivity index (χ1v) is 12.3. The number of phenols is 3. The highest BCUT2D eigenvalue weighted by Gasteiger charge is 2.48. The van der Waals surface area contributed by atoms with Crippen LogP contribution >= 0.6 is 0 Å². The van der Waals surface area contributed by atoms with Gasteiger partial charge in [-0.15, -0.1) is 0 Å². The maximum absolute atomic E-state index is 13.4. The van der Waals surface area contributed by atoms with Crippen LogP contribution in [0.3, 0.4) is 0 Å². The lowest BCUT2D eigenvalue weighted by Gasteiger charge is -2.41. The van der Waals surface area contributed by atoms with E-state index < -0.39 is 107 Å². The van der Waals surface area contributed by atoms with Crippen molar-refractivity contribution in [2.75, 3.05) is 13.2 Å². The summed E-state index contributed by atoms with van der Waals surface area (Å²) in [6, 6.07) is 6.50. The standard InChI is InChI=1S/C26H28O14/c27-6-13-18(32)21(35)23(37)26(40-13)15-19(33)14-10(29)5-12(8-1-3-9(28)4-2-8)39-24(14)16(20(15)34)25-22(36)17(31)11(30)7-38-25/h1-5,11,13,17-18,21-23,25-28,30-37H,6-7H2/t11-,13-,17+,18-,21+,22-,23-,25-,26+/m1/s1. The minimum Gasteiger partial charge on any atom is -0.508 e. The average molecular weight is 564 g/mol. The molecule has 2 aromatic carbocycles. The SMILES string of the molecule is O=c1cc(-c2ccc(O)cc2)oc2c([C@H]3OC[C@@H](O)[C@H](O)[C@H]3O)c(O)c([C@@H]3O[C@H](CO)[C@@H](O)[C@H](O)[C@H]3O)c(O)c12. The number of phenolic OH excluding ortho intramolecular Hbond substituents is 3. The number of benzene rings is 2. The summed E-state index contributed by atoms with van der Waals surface area (Å²) in [5.41, 5.74) is -2.15. The Balaban J connectivity index is 1.80. The van der Waals surface area contributed by atoms with E-state index in [0.29, 0.717) is 5.56 Å².